The largest absolute Gasteiger partial charge is 0.396 e. The van der Waals surface area contributed by atoms with Gasteiger partial charge in [0.2, 0.25) is 0 Å². The Labute approximate surface area is 299 Å². The summed E-state index contributed by atoms with van der Waals surface area (Å²) in [7, 11) is 1.85. The van der Waals surface area contributed by atoms with Gasteiger partial charge in [-0.15, -0.1) is 0 Å². The third-order valence-corrected chi connectivity index (χ3v) is 12.0. The summed E-state index contributed by atoms with van der Waals surface area (Å²) >= 11 is 0. The van der Waals surface area contributed by atoms with E-state index in [-0.39, 0.29) is 37.0 Å². The number of aliphatic hydroxyl groups excluding tert-OH is 4. The zero-order chi connectivity index (χ0) is 36.5. The molecule has 0 amide bonds. The maximum Gasteiger partial charge on any atom is 0.145 e. The molecular formula is C42H62N2O6. The lowest BCUT2D eigenvalue weighted by molar-refractivity contribution is -0.180. The van der Waals surface area contributed by atoms with Crippen molar-refractivity contribution in [2.45, 2.75) is 109 Å². The van der Waals surface area contributed by atoms with E-state index in [1.54, 1.807) is 0 Å². The second-order valence-corrected chi connectivity index (χ2v) is 15.2. The predicted octanol–water partition coefficient (Wildman–Crippen LogP) is 4.86. The van der Waals surface area contributed by atoms with Crippen LogP contribution in [0.2, 0.25) is 0 Å². The van der Waals surface area contributed by atoms with E-state index >= 15 is 0 Å². The first kappa shape index (κ1) is 40.1. The quantitative estimate of drug-likeness (QED) is 0.0714. The molecule has 0 saturated heterocycles. The van der Waals surface area contributed by atoms with Gasteiger partial charge < -0.3 is 30.8 Å². The van der Waals surface area contributed by atoms with Crippen molar-refractivity contribution < 1.29 is 30.3 Å². The van der Waals surface area contributed by atoms with Crippen LogP contribution in [0.3, 0.4) is 0 Å². The number of rotatable bonds is 12. The number of benzene rings is 1. The number of aliphatic hydroxyl groups is 5. The topological polar surface area (TPSA) is 142 Å². The molecule has 7 N–H and O–H groups in total. The highest BCUT2D eigenvalue weighted by molar-refractivity contribution is 5.74. The van der Waals surface area contributed by atoms with E-state index in [0.29, 0.717) is 69.1 Å². The Morgan fingerprint density at radius 2 is 1.90 bits per heavy atom. The molecule has 8 atom stereocenters. The van der Waals surface area contributed by atoms with Crippen LogP contribution in [-0.2, 0) is 17.6 Å². The standard InChI is InChI=1S/C42H62N2O6/c1-28(34-15-14-29(2)40(49)44-31(4)23-32-10-7-11-33(24-32)25-34)9-6-12-35(27-47)37-17-19-42(39(37)48)38(13-8-22-45)36(30(3)26-46)16-18-41(42,50)20-21-43-5/h6-7,9-12,14,24,26,31,34,37-40,43-45,47-50H,1,8,13,15-23,25,27H2,2-5H3/b9-6+,29-14+,35-12-,36-30-/t31-,34-,37-,38-,39+,40+,41-,42+/m0/s1. The molecule has 2 saturated carbocycles. The smallest absolute Gasteiger partial charge is 0.145 e. The number of fused-ring (bicyclic) bond motifs is 2. The number of aldehydes is 1. The molecule has 3 aliphatic rings. The van der Waals surface area contributed by atoms with E-state index < -0.39 is 23.3 Å². The van der Waals surface area contributed by atoms with E-state index in [0.717, 1.165) is 35.8 Å². The van der Waals surface area contributed by atoms with Gasteiger partial charge in [-0.3, -0.25) is 10.1 Å². The Bertz CT molecular complexity index is 1450. The van der Waals surface area contributed by atoms with Gasteiger partial charge in [0, 0.05) is 24.0 Å². The molecule has 276 valence electrons. The van der Waals surface area contributed by atoms with Crippen molar-refractivity contribution in [1.82, 2.24) is 10.6 Å². The van der Waals surface area contributed by atoms with Gasteiger partial charge in [-0.1, -0.05) is 66.3 Å². The zero-order valence-corrected chi connectivity index (χ0v) is 30.7. The first-order chi connectivity index (χ1) is 23.9. The fourth-order valence-corrected chi connectivity index (χ4v) is 9.20. The third-order valence-electron chi connectivity index (χ3n) is 12.0. The van der Waals surface area contributed by atoms with E-state index in [4.69, 9.17) is 0 Å². The molecule has 0 radical (unpaired) electrons. The van der Waals surface area contributed by atoms with Crippen LogP contribution in [0.4, 0.5) is 0 Å². The van der Waals surface area contributed by atoms with Gasteiger partial charge in [-0.25, -0.2) is 0 Å². The molecule has 2 fully saturated rings. The van der Waals surface area contributed by atoms with Crippen LogP contribution in [0, 0.1) is 23.2 Å². The summed E-state index contributed by atoms with van der Waals surface area (Å²) in [6, 6.07) is 8.73. The average Bonchev–Trinajstić information content (AvgIpc) is 3.44. The molecule has 0 unspecified atom stereocenters. The van der Waals surface area contributed by atoms with Crippen molar-refractivity contribution in [3.8, 4) is 0 Å². The minimum absolute atomic E-state index is 0.0105. The lowest BCUT2D eigenvalue weighted by Gasteiger charge is -2.57. The Balaban J connectivity index is 1.63. The number of carbonyl (C=O) groups excluding carboxylic acids is 1. The van der Waals surface area contributed by atoms with E-state index in [2.05, 4.69) is 54.5 Å². The van der Waals surface area contributed by atoms with Crippen LogP contribution >= 0.6 is 0 Å². The number of carbonyl (C=O) groups is 1. The maximum atomic E-state index is 12.4. The minimum atomic E-state index is -1.18. The fraction of sp³-hybridized carbons (Fsp3) is 0.595. The van der Waals surface area contributed by atoms with E-state index in [1.165, 1.54) is 11.1 Å². The average molecular weight is 691 g/mol. The molecule has 8 heteroatoms. The molecule has 2 bridgehead atoms. The number of hydrogen-bond donors (Lipinski definition) is 7. The molecule has 0 aromatic heterocycles. The number of hydrogen-bond acceptors (Lipinski definition) is 8. The predicted molar refractivity (Wildman–Crippen MR) is 200 cm³/mol. The summed E-state index contributed by atoms with van der Waals surface area (Å²) in [5.41, 5.74) is 4.47. The Morgan fingerprint density at radius 3 is 2.58 bits per heavy atom. The third kappa shape index (κ3) is 8.84. The molecule has 1 spiro atoms. The highest BCUT2D eigenvalue weighted by atomic mass is 16.3. The van der Waals surface area contributed by atoms with E-state index in [1.807, 2.05) is 39.1 Å². The van der Waals surface area contributed by atoms with Crippen LogP contribution in [0.25, 0.3) is 0 Å². The van der Waals surface area contributed by atoms with Crippen LogP contribution in [-0.4, -0.2) is 82.6 Å². The molecule has 1 aromatic rings. The summed E-state index contributed by atoms with van der Waals surface area (Å²) in [5.74, 6) is -0.550. The highest BCUT2D eigenvalue weighted by Gasteiger charge is 2.65. The lowest BCUT2D eigenvalue weighted by atomic mass is 9.51. The van der Waals surface area contributed by atoms with Gasteiger partial charge in [-0.2, -0.15) is 0 Å². The summed E-state index contributed by atoms with van der Waals surface area (Å²) < 4.78 is 0. The summed E-state index contributed by atoms with van der Waals surface area (Å²) in [4.78, 5) is 12.0. The number of allylic oxidation sites excluding steroid dienone is 7. The van der Waals surface area contributed by atoms with Gasteiger partial charge in [0.1, 0.15) is 12.5 Å². The molecule has 4 rings (SSSR count). The van der Waals surface area contributed by atoms with Crippen molar-refractivity contribution in [2.24, 2.45) is 23.2 Å². The molecule has 1 aliphatic heterocycles. The van der Waals surface area contributed by atoms with Crippen molar-refractivity contribution >= 4 is 6.29 Å². The highest BCUT2D eigenvalue weighted by Crippen LogP contribution is 2.63. The van der Waals surface area contributed by atoms with Crippen LogP contribution < -0.4 is 10.6 Å². The minimum Gasteiger partial charge on any atom is -0.396 e. The first-order valence-electron chi connectivity index (χ1n) is 18.6. The fourth-order valence-electron chi connectivity index (χ4n) is 9.20. The SMILES string of the molecule is C=C(/C=C/C=C(/CO)[C@@H]1CC[C@]2([C@@H]1O)[C@@H](CCCO)/C(=C(/C)C=O)CC[C@]2(O)CCNC)[C@H]1C/C=C(\C)[C@@H](O)N[C@@H](C)Cc2cccc(c2)C1. The molecule has 1 aromatic carbocycles. The number of nitrogens with one attached hydrogen (secondary N) is 2. The molecule has 8 nitrogen and oxygen atoms in total. The molecular weight excluding hydrogens is 628 g/mol. The second-order valence-electron chi connectivity index (χ2n) is 15.2. The molecule has 50 heavy (non-hydrogen) atoms. The van der Waals surface area contributed by atoms with Crippen molar-refractivity contribution in [2.75, 3.05) is 26.8 Å². The second kappa shape index (κ2) is 18.2. The van der Waals surface area contributed by atoms with Gasteiger partial charge in [0.05, 0.1) is 18.3 Å². The first-order valence-corrected chi connectivity index (χ1v) is 18.6. The maximum absolute atomic E-state index is 12.4. The summed E-state index contributed by atoms with van der Waals surface area (Å²) in [6.07, 6.45) is 13.1. The summed E-state index contributed by atoms with van der Waals surface area (Å²) in [5, 5.41) is 62.5. The van der Waals surface area contributed by atoms with Gasteiger partial charge >= 0.3 is 0 Å². The van der Waals surface area contributed by atoms with Gasteiger partial charge in [0.15, 0.2) is 0 Å². The van der Waals surface area contributed by atoms with E-state index in [9.17, 15) is 30.3 Å². The van der Waals surface area contributed by atoms with Crippen LogP contribution in [0.1, 0.15) is 83.3 Å². The van der Waals surface area contributed by atoms with Crippen LogP contribution in [0.15, 0.2) is 83.0 Å². The van der Waals surface area contributed by atoms with Crippen LogP contribution in [0.5, 0.6) is 0 Å². The lowest BCUT2D eigenvalue weighted by Crippen LogP contribution is -2.61. The van der Waals surface area contributed by atoms with Crippen molar-refractivity contribution in [3.63, 3.8) is 0 Å². The normalized spacial score (nSPS) is 34.6. The van der Waals surface area contributed by atoms with Crippen molar-refractivity contribution in [3.05, 3.63) is 94.1 Å². The Morgan fingerprint density at radius 1 is 1.16 bits per heavy atom. The van der Waals surface area contributed by atoms with Gasteiger partial charge in [-0.05, 0) is 138 Å². The Hall–Kier alpha value is -2.69. The Kier molecular flexibility index (Phi) is 14.6. The molecule has 1 heterocycles. The zero-order valence-electron chi connectivity index (χ0n) is 30.7. The summed E-state index contributed by atoms with van der Waals surface area (Å²) in [6.45, 7) is 10.6. The monoisotopic (exact) mass is 690 g/mol. The van der Waals surface area contributed by atoms with Gasteiger partial charge in [0.25, 0.3) is 0 Å². The van der Waals surface area contributed by atoms with Crippen molar-refractivity contribution in [1.29, 1.82) is 0 Å². The molecule has 2 aliphatic carbocycles.